The molecule has 6 nitrogen and oxygen atoms in total. The zero-order chi connectivity index (χ0) is 24.7. The molecule has 3 aliphatic rings. The minimum atomic E-state index is -0.337. The second-order valence-electron chi connectivity index (χ2n) is 9.91. The van der Waals surface area contributed by atoms with Crippen molar-refractivity contribution in [2.75, 3.05) is 44.6 Å². The van der Waals surface area contributed by atoms with Gasteiger partial charge < -0.3 is 25.0 Å². The lowest BCUT2D eigenvalue weighted by Crippen LogP contribution is -2.48. The molecule has 1 unspecified atom stereocenters. The highest BCUT2D eigenvalue weighted by Crippen LogP contribution is 2.43. The Bertz CT molecular complexity index is 935. The van der Waals surface area contributed by atoms with E-state index in [1.165, 1.54) is 11.3 Å². The molecule has 35 heavy (non-hydrogen) atoms. The summed E-state index contributed by atoms with van der Waals surface area (Å²) >= 11 is 0. The van der Waals surface area contributed by atoms with Gasteiger partial charge in [0, 0.05) is 37.3 Å². The molecule has 2 aromatic carbocycles. The Morgan fingerprint density at radius 1 is 1.03 bits per heavy atom. The third-order valence-electron chi connectivity index (χ3n) is 7.92. The molecule has 2 saturated heterocycles. The van der Waals surface area contributed by atoms with Gasteiger partial charge in [-0.1, -0.05) is 62.4 Å². The van der Waals surface area contributed by atoms with Crippen molar-refractivity contribution in [3.63, 3.8) is 0 Å². The van der Waals surface area contributed by atoms with Gasteiger partial charge in [-0.15, -0.1) is 0 Å². The number of hydrogen-bond donors (Lipinski definition) is 2. The molecule has 0 aliphatic carbocycles. The summed E-state index contributed by atoms with van der Waals surface area (Å²) in [6.45, 7) is 9.42. The summed E-state index contributed by atoms with van der Waals surface area (Å²) in [6.07, 6.45) is 3.34. The standard InChI is InChI=1S/C27H35N3O3.C2H6/c31-25(18-29-16-12-27(13-17-29)20-28-24-9-5-4-8-23(24)27)22-10-14-30(15-11-22)26(32)33-19-21-6-2-1-3-7-21;1-2/h1-9,22,25,28,31H,10-20H2;1-2H3. The van der Waals surface area contributed by atoms with Crippen LogP contribution < -0.4 is 5.32 Å². The number of piperidine rings is 2. The van der Waals surface area contributed by atoms with Crippen LogP contribution in [0.2, 0.25) is 0 Å². The van der Waals surface area contributed by atoms with Crippen LogP contribution in [0.1, 0.15) is 50.7 Å². The molecule has 0 radical (unpaired) electrons. The monoisotopic (exact) mass is 479 g/mol. The maximum absolute atomic E-state index is 12.4. The van der Waals surface area contributed by atoms with Gasteiger partial charge in [-0.2, -0.15) is 0 Å². The van der Waals surface area contributed by atoms with Gasteiger partial charge in [0.2, 0.25) is 0 Å². The van der Waals surface area contributed by atoms with Crippen molar-refractivity contribution in [2.24, 2.45) is 5.92 Å². The van der Waals surface area contributed by atoms with Crippen LogP contribution in [-0.2, 0) is 16.8 Å². The maximum Gasteiger partial charge on any atom is 0.410 e. The lowest BCUT2D eigenvalue weighted by atomic mass is 9.74. The molecule has 0 bridgehead atoms. The summed E-state index contributed by atoms with van der Waals surface area (Å²) in [6, 6.07) is 18.5. The molecule has 1 amide bonds. The van der Waals surface area contributed by atoms with Gasteiger partial charge in [-0.05, 0) is 61.9 Å². The number of aliphatic hydroxyl groups excluding tert-OH is 1. The van der Waals surface area contributed by atoms with Crippen LogP contribution in [0.3, 0.4) is 0 Å². The van der Waals surface area contributed by atoms with Gasteiger partial charge in [0.05, 0.1) is 6.10 Å². The molecule has 2 N–H and O–H groups in total. The van der Waals surface area contributed by atoms with Crippen LogP contribution in [0.15, 0.2) is 54.6 Å². The molecular formula is C29H41N3O3. The Morgan fingerprint density at radius 2 is 1.69 bits per heavy atom. The predicted molar refractivity (Wildman–Crippen MR) is 141 cm³/mol. The largest absolute Gasteiger partial charge is 0.445 e. The van der Waals surface area contributed by atoms with E-state index in [1.54, 1.807) is 4.90 Å². The Morgan fingerprint density at radius 3 is 2.40 bits per heavy atom. The number of para-hydroxylation sites is 1. The third kappa shape index (κ3) is 5.99. The predicted octanol–water partition coefficient (Wildman–Crippen LogP) is 4.88. The van der Waals surface area contributed by atoms with Crippen LogP contribution >= 0.6 is 0 Å². The highest BCUT2D eigenvalue weighted by Gasteiger charge is 2.41. The number of benzene rings is 2. The fraction of sp³-hybridized carbons (Fsp3) is 0.552. The number of anilines is 1. The molecule has 2 fully saturated rings. The van der Waals surface area contributed by atoms with Gasteiger partial charge in [-0.3, -0.25) is 0 Å². The third-order valence-corrected chi connectivity index (χ3v) is 7.92. The first kappa shape index (κ1) is 25.5. The van der Waals surface area contributed by atoms with E-state index in [-0.39, 0.29) is 23.5 Å². The molecule has 3 aliphatic heterocycles. The number of carbonyl (C=O) groups excluding carboxylic acids is 1. The first-order chi connectivity index (χ1) is 17.1. The van der Waals surface area contributed by atoms with E-state index in [0.29, 0.717) is 19.7 Å². The highest BCUT2D eigenvalue weighted by atomic mass is 16.6. The van der Waals surface area contributed by atoms with Crippen molar-refractivity contribution >= 4 is 11.8 Å². The van der Waals surface area contributed by atoms with Crippen LogP contribution in [0, 0.1) is 5.92 Å². The van der Waals surface area contributed by atoms with Gasteiger partial charge in [0.15, 0.2) is 0 Å². The fourth-order valence-electron chi connectivity index (χ4n) is 5.76. The number of likely N-dealkylation sites (tertiary alicyclic amines) is 2. The van der Waals surface area contributed by atoms with Gasteiger partial charge in [0.25, 0.3) is 0 Å². The number of aliphatic hydroxyl groups is 1. The first-order valence-corrected chi connectivity index (χ1v) is 13.3. The second-order valence-corrected chi connectivity index (χ2v) is 9.91. The maximum atomic E-state index is 12.4. The van der Waals surface area contributed by atoms with Crippen molar-refractivity contribution in [1.29, 1.82) is 0 Å². The lowest BCUT2D eigenvalue weighted by molar-refractivity contribution is 0.0179. The Balaban J connectivity index is 0.00000141. The van der Waals surface area contributed by atoms with Crippen molar-refractivity contribution in [2.45, 2.75) is 57.7 Å². The number of ether oxygens (including phenoxy) is 1. The van der Waals surface area contributed by atoms with Crippen molar-refractivity contribution in [3.8, 4) is 0 Å². The number of fused-ring (bicyclic) bond motifs is 2. The number of nitrogens with zero attached hydrogens (tertiary/aromatic N) is 2. The van der Waals surface area contributed by atoms with E-state index in [2.05, 4.69) is 34.5 Å². The summed E-state index contributed by atoms with van der Waals surface area (Å²) in [7, 11) is 0. The number of nitrogens with one attached hydrogen (secondary N) is 1. The van der Waals surface area contributed by atoms with Gasteiger partial charge in [0.1, 0.15) is 6.61 Å². The number of β-amino-alcohol motifs (C(OH)–C–C–N with tert-alkyl or cyclic N) is 1. The molecule has 190 valence electrons. The van der Waals surface area contributed by atoms with E-state index in [4.69, 9.17) is 4.74 Å². The summed E-state index contributed by atoms with van der Waals surface area (Å²) in [5.41, 5.74) is 4.01. The SMILES string of the molecule is CC.O=C(OCc1ccccc1)N1CCC(C(O)CN2CCC3(CC2)CNc2ccccc23)CC1. The van der Waals surface area contributed by atoms with Gasteiger partial charge >= 0.3 is 6.09 Å². The number of carbonyl (C=O) groups is 1. The zero-order valence-corrected chi connectivity index (χ0v) is 21.3. The average Bonchev–Trinajstić information content (AvgIpc) is 3.28. The summed E-state index contributed by atoms with van der Waals surface area (Å²) in [5.74, 6) is 0.243. The van der Waals surface area contributed by atoms with Crippen LogP contribution in [0.4, 0.5) is 10.5 Å². The Hall–Kier alpha value is -2.57. The van der Waals surface area contributed by atoms with Crippen LogP contribution in [0.5, 0.6) is 0 Å². The summed E-state index contributed by atoms with van der Waals surface area (Å²) in [4.78, 5) is 16.6. The minimum absolute atomic E-state index is 0.243. The molecule has 1 atom stereocenters. The number of amides is 1. The molecule has 5 rings (SSSR count). The second kappa shape index (κ2) is 11.9. The van der Waals surface area contributed by atoms with Gasteiger partial charge in [-0.25, -0.2) is 4.79 Å². The van der Waals surface area contributed by atoms with Crippen molar-refractivity contribution < 1.29 is 14.6 Å². The molecule has 2 aromatic rings. The molecule has 1 spiro atoms. The molecule has 0 saturated carbocycles. The molecule has 6 heteroatoms. The molecular weight excluding hydrogens is 438 g/mol. The van der Waals surface area contributed by atoms with E-state index < -0.39 is 0 Å². The van der Waals surface area contributed by atoms with Crippen molar-refractivity contribution in [3.05, 3.63) is 65.7 Å². The Kier molecular flexibility index (Phi) is 8.69. The average molecular weight is 480 g/mol. The van der Waals surface area contributed by atoms with E-state index >= 15 is 0 Å². The van der Waals surface area contributed by atoms with Crippen molar-refractivity contribution in [1.82, 2.24) is 9.80 Å². The fourth-order valence-corrected chi connectivity index (χ4v) is 5.76. The van der Waals surface area contributed by atoms with E-state index in [9.17, 15) is 9.90 Å². The van der Waals surface area contributed by atoms with E-state index in [0.717, 1.165) is 57.4 Å². The smallest absolute Gasteiger partial charge is 0.410 e. The van der Waals surface area contributed by atoms with Crippen LogP contribution in [0.25, 0.3) is 0 Å². The normalized spacial score (nSPS) is 20.4. The zero-order valence-electron chi connectivity index (χ0n) is 21.3. The van der Waals surface area contributed by atoms with E-state index in [1.807, 2.05) is 44.2 Å². The number of rotatable bonds is 5. The molecule has 3 heterocycles. The van der Waals surface area contributed by atoms with Crippen LogP contribution in [-0.4, -0.2) is 66.4 Å². The number of hydrogen-bond acceptors (Lipinski definition) is 5. The summed E-state index contributed by atoms with van der Waals surface area (Å²) < 4.78 is 5.47. The first-order valence-electron chi connectivity index (χ1n) is 13.3. The topological polar surface area (TPSA) is 65.0 Å². The minimum Gasteiger partial charge on any atom is -0.445 e. The highest BCUT2D eigenvalue weighted by molar-refractivity contribution is 5.67. The Labute approximate surface area is 210 Å². The lowest BCUT2D eigenvalue weighted by Gasteiger charge is -2.41. The summed E-state index contributed by atoms with van der Waals surface area (Å²) in [5, 5.41) is 14.5. The molecule has 0 aromatic heterocycles. The quantitative estimate of drug-likeness (QED) is 0.640.